The summed E-state index contributed by atoms with van der Waals surface area (Å²) < 4.78 is 1.97. The molecule has 0 radical (unpaired) electrons. The number of imidazole rings is 1. The topological polar surface area (TPSA) is 34.9 Å². The number of carbonyl (C=O) groups excluding carboxylic acids is 1. The third kappa shape index (κ3) is 1.72. The van der Waals surface area contributed by atoms with Gasteiger partial charge < -0.3 is 4.57 Å². The standard InChI is InChI=1S/C11H16N2O/c1-11(4-2-3-5-11)8-13-9-12-6-10(13)7-14/h6-7,9H,2-5,8H2,1H3. The third-order valence-electron chi connectivity index (χ3n) is 3.23. The van der Waals surface area contributed by atoms with Gasteiger partial charge in [0, 0.05) is 6.54 Å². The third-order valence-corrected chi connectivity index (χ3v) is 3.23. The van der Waals surface area contributed by atoms with Gasteiger partial charge in [0.2, 0.25) is 0 Å². The summed E-state index contributed by atoms with van der Waals surface area (Å²) in [5.74, 6) is 0. The van der Waals surface area contributed by atoms with Gasteiger partial charge in [0.1, 0.15) is 5.69 Å². The van der Waals surface area contributed by atoms with E-state index < -0.39 is 0 Å². The van der Waals surface area contributed by atoms with E-state index >= 15 is 0 Å². The zero-order chi connectivity index (χ0) is 10.0. The molecule has 0 spiro atoms. The lowest BCUT2D eigenvalue weighted by atomic mass is 9.89. The van der Waals surface area contributed by atoms with Crippen LogP contribution >= 0.6 is 0 Å². The van der Waals surface area contributed by atoms with Crippen LogP contribution in [0.3, 0.4) is 0 Å². The number of rotatable bonds is 3. The van der Waals surface area contributed by atoms with Crippen molar-refractivity contribution in [3.8, 4) is 0 Å². The fourth-order valence-corrected chi connectivity index (χ4v) is 2.36. The molecule has 0 amide bonds. The van der Waals surface area contributed by atoms with Crippen molar-refractivity contribution in [1.82, 2.24) is 9.55 Å². The number of aromatic nitrogens is 2. The molecule has 1 aliphatic rings. The van der Waals surface area contributed by atoms with Crippen molar-refractivity contribution >= 4 is 6.29 Å². The summed E-state index contributed by atoms with van der Waals surface area (Å²) in [7, 11) is 0. The molecule has 0 saturated heterocycles. The van der Waals surface area contributed by atoms with Gasteiger partial charge in [0.15, 0.2) is 6.29 Å². The summed E-state index contributed by atoms with van der Waals surface area (Å²) in [6, 6.07) is 0. The average Bonchev–Trinajstić information content (AvgIpc) is 2.75. The highest BCUT2D eigenvalue weighted by molar-refractivity contribution is 5.71. The maximum Gasteiger partial charge on any atom is 0.168 e. The molecule has 0 N–H and O–H groups in total. The molecule has 0 bridgehead atoms. The van der Waals surface area contributed by atoms with Gasteiger partial charge in [-0.2, -0.15) is 0 Å². The van der Waals surface area contributed by atoms with Crippen molar-refractivity contribution in [3.63, 3.8) is 0 Å². The molecule has 76 valence electrons. The minimum Gasteiger partial charge on any atom is -0.328 e. The van der Waals surface area contributed by atoms with Gasteiger partial charge >= 0.3 is 0 Å². The first-order valence-electron chi connectivity index (χ1n) is 5.19. The molecule has 2 rings (SSSR count). The molecule has 0 aliphatic heterocycles. The first kappa shape index (κ1) is 9.44. The van der Waals surface area contributed by atoms with Crippen LogP contribution in [0.4, 0.5) is 0 Å². The lowest BCUT2D eigenvalue weighted by molar-refractivity contribution is 0.111. The molecule has 0 unspecified atom stereocenters. The summed E-state index contributed by atoms with van der Waals surface area (Å²) >= 11 is 0. The summed E-state index contributed by atoms with van der Waals surface area (Å²) in [6.07, 6.45) is 9.44. The number of carbonyl (C=O) groups is 1. The first-order chi connectivity index (χ1) is 6.73. The van der Waals surface area contributed by atoms with Gasteiger partial charge in [0.05, 0.1) is 12.5 Å². The molecular weight excluding hydrogens is 176 g/mol. The lowest BCUT2D eigenvalue weighted by Crippen LogP contribution is -2.20. The first-order valence-corrected chi connectivity index (χ1v) is 5.19. The van der Waals surface area contributed by atoms with Gasteiger partial charge in [-0.15, -0.1) is 0 Å². The SMILES string of the molecule is CC1(Cn2cncc2C=O)CCCC1. The molecule has 1 heterocycles. The maximum absolute atomic E-state index is 10.7. The highest BCUT2D eigenvalue weighted by Crippen LogP contribution is 2.38. The smallest absolute Gasteiger partial charge is 0.168 e. The Morgan fingerprint density at radius 1 is 1.57 bits per heavy atom. The maximum atomic E-state index is 10.7. The Balaban J connectivity index is 2.13. The molecule has 14 heavy (non-hydrogen) atoms. The van der Waals surface area contributed by atoms with Crippen molar-refractivity contribution < 1.29 is 4.79 Å². The van der Waals surface area contributed by atoms with Crippen molar-refractivity contribution in [2.75, 3.05) is 0 Å². The van der Waals surface area contributed by atoms with Gasteiger partial charge in [0.25, 0.3) is 0 Å². The van der Waals surface area contributed by atoms with E-state index in [1.165, 1.54) is 25.7 Å². The Kier molecular flexibility index (Phi) is 2.40. The summed E-state index contributed by atoms with van der Waals surface area (Å²) in [4.78, 5) is 14.7. The van der Waals surface area contributed by atoms with E-state index in [2.05, 4.69) is 11.9 Å². The molecule has 1 aliphatic carbocycles. The fourth-order valence-electron chi connectivity index (χ4n) is 2.36. The molecular formula is C11H16N2O. The Labute approximate surface area is 84.1 Å². The van der Waals surface area contributed by atoms with Crippen LogP contribution in [-0.2, 0) is 6.54 Å². The van der Waals surface area contributed by atoms with E-state index in [4.69, 9.17) is 0 Å². The van der Waals surface area contributed by atoms with Crippen molar-refractivity contribution in [2.24, 2.45) is 5.41 Å². The monoisotopic (exact) mass is 192 g/mol. The molecule has 0 atom stereocenters. The number of nitrogens with zero attached hydrogens (tertiary/aromatic N) is 2. The van der Waals surface area contributed by atoms with Gasteiger partial charge in [-0.1, -0.05) is 19.8 Å². The number of hydrogen-bond donors (Lipinski definition) is 0. The number of hydrogen-bond acceptors (Lipinski definition) is 2. The predicted octanol–water partition coefficient (Wildman–Crippen LogP) is 2.28. The van der Waals surface area contributed by atoms with E-state index in [0.29, 0.717) is 11.1 Å². The van der Waals surface area contributed by atoms with Crippen LogP contribution in [0.15, 0.2) is 12.5 Å². The van der Waals surface area contributed by atoms with Crippen LogP contribution < -0.4 is 0 Å². The quantitative estimate of drug-likeness (QED) is 0.688. The summed E-state index contributed by atoms with van der Waals surface area (Å²) in [5, 5.41) is 0. The van der Waals surface area contributed by atoms with Gasteiger partial charge in [-0.3, -0.25) is 4.79 Å². The second-order valence-electron chi connectivity index (χ2n) is 4.58. The van der Waals surface area contributed by atoms with E-state index in [0.717, 1.165) is 12.8 Å². The summed E-state index contributed by atoms with van der Waals surface area (Å²) in [6.45, 7) is 3.23. The second-order valence-corrected chi connectivity index (χ2v) is 4.58. The Morgan fingerprint density at radius 2 is 2.29 bits per heavy atom. The van der Waals surface area contributed by atoms with Crippen molar-refractivity contribution in [2.45, 2.75) is 39.2 Å². The number of aldehydes is 1. The largest absolute Gasteiger partial charge is 0.328 e. The molecule has 1 aromatic rings. The van der Waals surface area contributed by atoms with Crippen molar-refractivity contribution in [3.05, 3.63) is 18.2 Å². The Morgan fingerprint density at radius 3 is 2.93 bits per heavy atom. The van der Waals surface area contributed by atoms with Crippen LogP contribution in [0.2, 0.25) is 0 Å². The normalized spacial score (nSPS) is 19.8. The fraction of sp³-hybridized carbons (Fsp3) is 0.636. The molecule has 3 nitrogen and oxygen atoms in total. The highest BCUT2D eigenvalue weighted by atomic mass is 16.1. The van der Waals surface area contributed by atoms with Crippen LogP contribution in [0.5, 0.6) is 0 Å². The van der Waals surface area contributed by atoms with Crippen LogP contribution in [0.1, 0.15) is 43.1 Å². The van der Waals surface area contributed by atoms with E-state index in [1.54, 1.807) is 12.5 Å². The van der Waals surface area contributed by atoms with Crippen LogP contribution in [0.25, 0.3) is 0 Å². The molecule has 0 aromatic carbocycles. The zero-order valence-corrected chi connectivity index (χ0v) is 8.57. The highest BCUT2D eigenvalue weighted by Gasteiger charge is 2.29. The Bertz CT molecular complexity index is 324. The van der Waals surface area contributed by atoms with Crippen molar-refractivity contribution in [1.29, 1.82) is 0 Å². The van der Waals surface area contributed by atoms with Gasteiger partial charge in [-0.25, -0.2) is 4.98 Å². The van der Waals surface area contributed by atoms with Crippen LogP contribution in [-0.4, -0.2) is 15.8 Å². The Hall–Kier alpha value is -1.12. The molecule has 1 aromatic heterocycles. The van der Waals surface area contributed by atoms with E-state index in [9.17, 15) is 4.79 Å². The van der Waals surface area contributed by atoms with E-state index in [1.807, 2.05) is 4.57 Å². The van der Waals surface area contributed by atoms with E-state index in [-0.39, 0.29) is 0 Å². The molecule has 3 heteroatoms. The molecule has 1 saturated carbocycles. The predicted molar refractivity (Wildman–Crippen MR) is 54.2 cm³/mol. The second kappa shape index (κ2) is 3.56. The lowest BCUT2D eigenvalue weighted by Gasteiger charge is -2.24. The average molecular weight is 192 g/mol. The van der Waals surface area contributed by atoms with Crippen LogP contribution in [0, 0.1) is 5.41 Å². The zero-order valence-electron chi connectivity index (χ0n) is 8.57. The minimum absolute atomic E-state index is 0.373. The molecule has 1 fully saturated rings. The summed E-state index contributed by atoms with van der Waals surface area (Å²) in [5.41, 5.74) is 1.07. The minimum atomic E-state index is 0.373. The van der Waals surface area contributed by atoms with Gasteiger partial charge in [-0.05, 0) is 18.3 Å².